The third-order valence-electron chi connectivity index (χ3n) is 2.84. The third kappa shape index (κ3) is 5.30. The van der Waals surface area contributed by atoms with Crippen LogP contribution in [0.4, 0.5) is 0 Å². The predicted octanol–water partition coefficient (Wildman–Crippen LogP) is 1.92. The van der Waals surface area contributed by atoms with Gasteiger partial charge in [-0.3, -0.25) is 4.79 Å². The summed E-state index contributed by atoms with van der Waals surface area (Å²) in [4.78, 5) is 23.2. The number of carbonyl (C=O) groups is 2. The van der Waals surface area contributed by atoms with Crippen LogP contribution in [0.1, 0.15) is 18.1 Å². The Balaban J connectivity index is 2.47. The van der Waals surface area contributed by atoms with E-state index < -0.39 is 12.1 Å². The number of amides is 1. The van der Waals surface area contributed by atoms with Gasteiger partial charge in [0.25, 0.3) is 5.91 Å². The van der Waals surface area contributed by atoms with E-state index in [0.717, 1.165) is 11.1 Å². The Morgan fingerprint density at radius 2 is 1.95 bits per heavy atom. The summed E-state index contributed by atoms with van der Waals surface area (Å²) < 4.78 is 10.5. The molecule has 0 aliphatic carbocycles. The fourth-order valence-electron chi connectivity index (χ4n) is 1.76. The van der Waals surface area contributed by atoms with Crippen molar-refractivity contribution in [1.29, 1.82) is 0 Å². The minimum atomic E-state index is -0.862. The summed E-state index contributed by atoms with van der Waals surface area (Å²) in [5, 5.41) is 2.55. The smallest absolute Gasteiger partial charge is 0.344 e. The Bertz CT molecular complexity index is 505. The maximum Gasteiger partial charge on any atom is 0.344 e. The molecule has 0 saturated heterocycles. The molecule has 1 amide bonds. The minimum absolute atomic E-state index is 0.231. The van der Waals surface area contributed by atoms with Crippen molar-refractivity contribution in [2.75, 3.05) is 13.2 Å². The Hall–Kier alpha value is -2.30. The number of rotatable bonds is 7. The molecule has 1 rings (SSSR count). The Kier molecular flexibility index (Phi) is 6.46. The summed E-state index contributed by atoms with van der Waals surface area (Å²) in [6.07, 6.45) is 0.690. The van der Waals surface area contributed by atoms with Crippen molar-refractivity contribution in [3.05, 3.63) is 42.0 Å². The van der Waals surface area contributed by atoms with Gasteiger partial charge in [-0.1, -0.05) is 24.3 Å². The summed E-state index contributed by atoms with van der Waals surface area (Å²) in [7, 11) is 0. The van der Waals surface area contributed by atoms with Crippen LogP contribution >= 0.6 is 0 Å². The summed E-state index contributed by atoms with van der Waals surface area (Å²) in [5.74, 6) is -0.285. The summed E-state index contributed by atoms with van der Waals surface area (Å²) in [5.41, 5.74) is 1.89. The lowest BCUT2D eigenvalue weighted by atomic mass is 10.1. The highest BCUT2D eigenvalue weighted by Gasteiger charge is 2.17. The van der Waals surface area contributed by atoms with Gasteiger partial charge in [0.2, 0.25) is 0 Å². The monoisotopic (exact) mass is 291 g/mol. The molecule has 1 atom stereocenters. The SMILES string of the molecule is C=CCNC(=O)[C@@H](C)OC(=O)COc1c(C)cccc1C. The van der Waals surface area contributed by atoms with E-state index in [1.165, 1.54) is 6.92 Å². The topological polar surface area (TPSA) is 64.6 Å². The molecule has 21 heavy (non-hydrogen) atoms. The molecule has 5 nitrogen and oxygen atoms in total. The largest absolute Gasteiger partial charge is 0.481 e. The number of para-hydroxylation sites is 1. The number of carbonyl (C=O) groups excluding carboxylic acids is 2. The molecule has 5 heteroatoms. The van der Waals surface area contributed by atoms with Gasteiger partial charge in [-0.15, -0.1) is 6.58 Å². The zero-order valence-electron chi connectivity index (χ0n) is 12.6. The first kappa shape index (κ1) is 16.8. The molecule has 114 valence electrons. The van der Waals surface area contributed by atoms with Crippen molar-refractivity contribution in [2.24, 2.45) is 0 Å². The molecule has 1 N–H and O–H groups in total. The molecular formula is C16H21NO4. The van der Waals surface area contributed by atoms with Gasteiger partial charge in [0.1, 0.15) is 5.75 Å². The van der Waals surface area contributed by atoms with Crippen LogP contribution in [0.3, 0.4) is 0 Å². The molecule has 0 aliphatic heterocycles. The third-order valence-corrected chi connectivity index (χ3v) is 2.84. The number of aryl methyl sites for hydroxylation is 2. The molecule has 0 spiro atoms. The van der Waals surface area contributed by atoms with Crippen molar-refractivity contribution in [2.45, 2.75) is 26.9 Å². The number of hydrogen-bond donors (Lipinski definition) is 1. The summed E-state index contributed by atoms with van der Waals surface area (Å²) in [6.45, 7) is 8.90. The van der Waals surface area contributed by atoms with E-state index in [0.29, 0.717) is 12.3 Å². The molecular weight excluding hydrogens is 270 g/mol. The van der Waals surface area contributed by atoms with Gasteiger partial charge in [0, 0.05) is 6.54 Å². The van der Waals surface area contributed by atoms with Gasteiger partial charge < -0.3 is 14.8 Å². The van der Waals surface area contributed by atoms with E-state index in [9.17, 15) is 9.59 Å². The van der Waals surface area contributed by atoms with Crippen LogP contribution in [-0.2, 0) is 14.3 Å². The van der Waals surface area contributed by atoms with Gasteiger partial charge in [0.05, 0.1) is 0 Å². The van der Waals surface area contributed by atoms with Crippen molar-refractivity contribution in [3.63, 3.8) is 0 Å². The average Bonchev–Trinajstić information content (AvgIpc) is 2.44. The molecule has 0 unspecified atom stereocenters. The quantitative estimate of drug-likeness (QED) is 0.616. The van der Waals surface area contributed by atoms with Gasteiger partial charge in [-0.05, 0) is 31.9 Å². The lowest BCUT2D eigenvalue weighted by Crippen LogP contribution is -2.36. The van der Waals surface area contributed by atoms with E-state index >= 15 is 0 Å². The maximum atomic E-state index is 11.7. The second-order valence-corrected chi connectivity index (χ2v) is 4.68. The zero-order chi connectivity index (χ0) is 15.8. The van der Waals surface area contributed by atoms with E-state index in [1.54, 1.807) is 6.08 Å². The number of ether oxygens (including phenoxy) is 2. The van der Waals surface area contributed by atoms with Crippen LogP contribution < -0.4 is 10.1 Å². The number of nitrogens with one attached hydrogen (secondary N) is 1. The second-order valence-electron chi connectivity index (χ2n) is 4.68. The van der Waals surface area contributed by atoms with Crippen LogP contribution in [0.25, 0.3) is 0 Å². The first-order valence-electron chi connectivity index (χ1n) is 6.72. The highest BCUT2D eigenvalue weighted by Crippen LogP contribution is 2.22. The summed E-state index contributed by atoms with van der Waals surface area (Å²) in [6, 6.07) is 5.72. The second kappa shape index (κ2) is 8.09. The fourth-order valence-corrected chi connectivity index (χ4v) is 1.76. The lowest BCUT2D eigenvalue weighted by molar-refractivity contribution is -0.156. The molecule has 1 aromatic rings. The normalized spacial score (nSPS) is 11.4. The number of esters is 1. The van der Waals surface area contributed by atoms with E-state index in [1.807, 2.05) is 32.0 Å². The molecule has 1 aromatic carbocycles. The van der Waals surface area contributed by atoms with Crippen LogP contribution in [0.2, 0.25) is 0 Å². The first-order chi connectivity index (χ1) is 9.95. The molecule has 0 heterocycles. The zero-order valence-corrected chi connectivity index (χ0v) is 12.6. The van der Waals surface area contributed by atoms with Crippen LogP contribution in [0.15, 0.2) is 30.9 Å². The summed E-state index contributed by atoms with van der Waals surface area (Å²) >= 11 is 0. The highest BCUT2D eigenvalue weighted by atomic mass is 16.6. The minimum Gasteiger partial charge on any atom is -0.481 e. The number of benzene rings is 1. The van der Waals surface area contributed by atoms with Gasteiger partial charge in [0.15, 0.2) is 12.7 Å². The van der Waals surface area contributed by atoms with Gasteiger partial charge in [-0.2, -0.15) is 0 Å². The molecule has 0 bridgehead atoms. The van der Waals surface area contributed by atoms with Crippen molar-refractivity contribution in [3.8, 4) is 5.75 Å². The number of hydrogen-bond acceptors (Lipinski definition) is 4. The Morgan fingerprint density at radius 3 is 2.52 bits per heavy atom. The molecule has 0 aromatic heterocycles. The fraction of sp³-hybridized carbons (Fsp3) is 0.375. The molecule has 0 aliphatic rings. The lowest BCUT2D eigenvalue weighted by Gasteiger charge is -2.14. The molecule has 0 saturated carbocycles. The van der Waals surface area contributed by atoms with Crippen molar-refractivity contribution >= 4 is 11.9 Å². The molecule has 0 fully saturated rings. The van der Waals surface area contributed by atoms with E-state index in [4.69, 9.17) is 9.47 Å². The van der Waals surface area contributed by atoms with Crippen LogP contribution in [-0.4, -0.2) is 31.1 Å². The predicted molar refractivity (Wildman–Crippen MR) is 80.2 cm³/mol. The molecule has 0 radical (unpaired) electrons. The first-order valence-corrected chi connectivity index (χ1v) is 6.72. The Morgan fingerprint density at radius 1 is 1.33 bits per heavy atom. The van der Waals surface area contributed by atoms with Crippen molar-refractivity contribution in [1.82, 2.24) is 5.32 Å². The van der Waals surface area contributed by atoms with Crippen LogP contribution in [0.5, 0.6) is 5.75 Å². The van der Waals surface area contributed by atoms with Crippen molar-refractivity contribution < 1.29 is 19.1 Å². The maximum absolute atomic E-state index is 11.7. The average molecular weight is 291 g/mol. The Labute approximate surface area is 124 Å². The van der Waals surface area contributed by atoms with Gasteiger partial charge in [-0.25, -0.2) is 4.79 Å². The standard InChI is InChI=1S/C16H21NO4/c1-5-9-17-16(19)13(4)21-14(18)10-20-15-11(2)7-6-8-12(15)3/h5-8,13H,1,9-10H2,2-4H3,(H,17,19)/t13-/m1/s1. The van der Waals surface area contributed by atoms with E-state index in [-0.39, 0.29) is 12.5 Å². The highest BCUT2D eigenvalue weighted by molar-refractivity contribution is 5.83. The van der Waals surface area contributed by atoms with Crippen LogP contribution in [0, 0.1) is 13.8 Å². The van der Waals surface area contributed by atoms with Gasteiger partial charge >= 0.3 is 5.97 Å². The van der Waals surface area contributed by atoms with E-state index in [2.05, 4.69) is 11.9 Å².